The van der Waals surface area contributed by atoms with Gasteiger partial charge >= 0.3 is 0 Å². The highest BCUT2D eigenvalue weighted by Crippen LogP contribution is 2.26. The number of carbonyl (C=O) groups is 2. The quantitative estimate of drug-likeness (QED) is 0.636. The number of carbonyl (C=O) groups excluding carboxylic acids is 2. The van der Waals surface area contributed by atoms with Crippen LogP contribution in [0.2, 0.25) is 0 Å². The Morgan fingerprint density at radius 1 is 0.941 bits per heavy atom. The lowest BCUT2D eigenvalue weighted by molar-refractivity contribution is 0.0671. The molecular formula is C28H32N4O2. The van der Waals surface area contributed by atoms with Gasteiger partial charge in [-0.1, -0.05) is 36.4 Å². The van der Waals surface area contributed by atoms with Crippen LogP contribution >= 0.6 is 0 Å². The fraction of sp³-hybridized carbons (Fsp3) is 0.393. The smallest absolute Gasteiger partial charge is 0.274 e. The van der Waals surface area contributed by atoms with E-state index in [4.69, 9.17) is 0 Å². The van der Waals surface area contributed by atoms with Crippen LogP contribution in [0.1, 0.15) is 61.6 Å². The zero-order valence-electron chi connectivity index (χ0n) is 20.0. The molecule has 2 aliphatic rings. The minimum atomic E-state index is -0.0175. The predicted octanol–water partition coefficient (Wildman–Crippen LogP) is 4.32. The van der Waals surface area contributed by atoms with Gasteiger partial charge in [-0.25, -0.2) is 0 Å². The van der Waals surface area contributed by atoms with Gasteiger partial charge in [-0.2, -0.15) is 5.10 Å². The van der Waals surface area contributed by atoms with E-state index in [0.29, 0.717) is 36.7 Å². The van der Waals surface area contributed by atoms with Gasteiger partial charge in [-0.05, 0) is 67.9 Å². The molecule has 3 aromatic rings. The second-order valence-corrected chi connectivity index (χ2v) is 9.73. The molecule has 1 saturated heterocycles. The molecule has 0 bridgehead atoms. The number of likely N-dealkylation sites (tertiary alicyclic amines) is 1. The Balaban J connectivity index is 1.24. The molecule has 2 aromatic carbocycles. The largest absolute Gasteiger partial charge is 0.337 e. The molecule has 3 heterocycles. The standard InChI is InChI=1S/C28H32N4O2/c1-19-8-9-23(16-20(19)2)27(33)32-15-12-25-24(18-32)26(30-29-25)28(34)31-13-10-22(11-14-31)17-21-6-4-3-5-7-21/h3-9,16,22H,10-15,17-18H2,1-2H3,(H,29,30). The van der Waals surface area contributed by atoms with Crippen molar-refractivity contribution in [2.75, 3.05) is 19.6 Å². The fourth-order valence-corrected chi connectivity index (χ4v) is 5.14. The molecule has 0 atom stereocenters. The van der Waals surface area contributed by atoms with Crippen LogP contribution in [0.3, 0.4) is 0 Å². The van der Waals surface area contributed by atoms with Gasteiger partial charge in [0.05, 0.1) is 6.54 Å². The van der Waals surface area contributed by atoms with Crippen molar-refractivity contribution in [3.8, 4) is 0 Å². The molecule has 0 radical (unpaired) electrons. The SMILES string of the molecule is Cc1ccc(C(=O)N2CCc3[nH]nc(C(=O)N4CCC(Cc5ccccc5)CC4)c3C2)cc1C. The first-order chi connectivity index (χ1) is 16.5. The average molecular weight is 457 g/mol. The highest BCUT2D eigenvalue weighted by Gasteiger charge is 2.32. The molecule has 6 heteroatoms. The van der Waals surface area contributed by atoms with E-state index in [9.17, 15) is 9.59 Å². The summed E-state index contributed by atoms with van der Waals surface area (Å²) in [5, 5.41) is 7.47. The maximum absolute atomic E-state index is 13.4. The van der Waals surface area contributed by atoms with Crippen LogP contribution in [0.15, 0.2) is 48.5 Å². The highest BCUT2D eigenvalue weighted by molar-refractivity contribution is 5.96. The summed E-state index contributed by atoms with van der Waals surface area (Å²) in [4.78, 5) is 30.3. The number of aromatic nitrogens is 2. The molecule has 34 heavy (non-hydrogen) atoms. The van der Waals surface area contributed by atoms with Gasteiger partial charge in [0, 0.05) is 42.9 Å². The van der Waals surface area contributed by atoms with Crippen LogP contribution in [0.5, 0.6) is 0 Å². The topological polar surface area (TPSA) is 69.3 Å². The summed E-state index contributed by atoms with van der Waals surface area (Å²) in [5.74, 6) is 0.594. The van der Waals surface area contributed by atoms with Crippen molar-refractivity contribution in [3.05, 3.63) is 87.7 Å². The van der Waals surface area contributed by atoms with E-state index in [-0.39, 0.29) is 11.8 Å². The summed E-state index contributed by atoms with van der Waals surface area (Å²) in [6.45, 7) is 6.62. The highest BCUT2D eigenvalue weighted by atomic mass is 16.2. The monoisotopic (exact) mass is 456 g/mol. The Morgan fingerprint density at radius 2 is 1.71 bits per heavy atom. The molecule has 0 aliphatic carbocycles. The van der Waals surface area contributed by atoms with Gasteiger partial charge in [-0.3, -0.25) is 14.7 Å². The minimum Gasteiger partial charge on any atom is -0.337 e. The number of rotatable bonds is 4. The lowest BCUT2D eigenvalue weighted by atomic mass is 9.90. The van der Waals surface area contributed by atoms with E-state index in [1.54, 1.807) is 0 Å². The van der Waals surface area contributed by atoms with Gasteiger partial charge in [0.1, 0.15) is 0 Å². The summed E-state index contributed by atoms with van der Waals surface area (Å²) >= 11 is 0. The van der Waals surface area contributed by atoms with E-state index in [1.165, 1.54) is 11.1 Å². The summed E-state index contributed by atoms with van der Waals surface area (Å²) in [6, 6.07) is 16.4. The molecule has 0 unspecified atom stereocenters. The number of amides is 2. The summed E-state index contributed by atoms with van der Waals surface area (Å²) in [6.07, 6.45) is 3.76. The maximum atomic E-state index is 13.4. The number of fused-ring (bicyclic) bond motifs is 1. The first kappa shape index (κ1) is 22.4. The Hall–Kier alpha value is -3.41. The van der Waals surface area contributed by atoms with Gasteiger partial charge < -0.3 is 9.80 Å². The molecule has 2 amide bonds. The van der Waals surface area contributed by atoms with Gasteiger partial charge in [0.15, 0.2) is 5.69 Å². The number of aromatic amines is 1. The number of aryl methyl sites for hydroxylation is 2. The van der Waals surface area contributed by atoms with Crippen LogP contribution in [0.25, 0.3) is 0 Å². The molecule has 2 aliphatic heterocycles. The number of H-pyrrole nitrogens is 1. The van der Waals surface area contributed by atoms with Crippen molar-refractivity contribution in [1.29, 1.82) is 0 Å². The number of hydrogen-bond donors (Lipinski definition) is 1. The first-order valence-electron chi connectivity index (χ1n) is 12.3. The zero-order valence-corrected chi connectivity index (χ0v) is 20.0. The predicted molar refractivity (Wildman–Crippen MR) is 132 cm³/mol. The van der Waals surface area contributed by atoms with Crippen molar-refractivity contribution >= 4 is 11.8 Å². The maximum Gasteiger partial charge on any atom is 0.274 e. The fourth-order valence-electron chi connectivity index (χ4n) is 5.14. The summed E-state index contributed by atoms with van der Waals surface area (Å²) in [5.41, 5.74) is 6.68. The Labute approximate surface area is 201 Å². The third-order valence-corrected chi connectivity index (χ3v) is 7.45. The summed E-state index contributed by atoms with van der Waals surface area (Å²) < 4.78 is 0. The molecule has 1 N–H and O–H groups in total. The second-order valence-electron chi connectivity index (χ2n) is 9.73. The molecular weight excluding hydrogens is 424 g/mol. The molecule has 5 rings (SSSR count). The van der Waals surface area contributed by atoms with Gasteiger partial charge in [0.2, 0.25) is 0 Å². The van der Waals surface area contributed by atoms with E-state index < -0.39 is 0 Å². The molecule has 6 nitrogen and oxygen atoms in total. The van der Waals surface area contributed by atoms with Crippen molar-refractivity contribution in [3.63, 3.8) is 0 Å². The lowest BCUT2D eigenvalue weighted by Crippen LogP contribution is -2.40. The Kier molecular flexibility index (Phi) is 6.22. The number of nitrogens with zero attached hydrogens (tertiary/aromatic N) is 3. The number of piperidine rings is 1. The Morgan fingerprint density at radius 3 is 2.44 bits per heavy atom. The molecule has 1 fully saturated rings. The molecule has 0 spiro atoms. The van der Waals surface area contributed by atoms with Crippen LogP contribution in [-0.4, -0.2) is 51.4 Å². The number of hydrogen-bond acceptors (Lipinski definition) is 3. The van der Waals surface area contributed by atoms with Crippen LogP contribution < -0.4 is 0 Å². The average Bonchev–Trinajstić information content (AvgIpc) is 3.29. The van der Waals surface area contributed by atoms with Crippen molar-refractivity contribution in [2.24, 2.45) is 5.92 Å². The van der Waals surface area contributed by atoms with Crippen LogP contribution in [0, 0.1) is 19.8 Å². The van der Waals surface area contributed by atoms with Gasteiger partial charge in [-0.15, -0.1) is 0 Å². The normalized spacial score (nSPS) is 16.4. The van der Waals surface area contributed by atoms with Crippen molar-refractivity contribution in [1.82, 2.24) is 20.0 Å². The van der Waals surface area contributed by atoms with Gasteiger partial charge in [0.25, 0.3) is 11.8 Å². The molecule has 1 aromatic heterocycles. The summed E-state index contributed by atoms with van der Waals surface area (Å²) in [7, 11) is 0. The number of benzene rings is 2. The molecule has 176 valence electrons. The number of nitrogens with one attached hydrogen (secondary N) is 1. The third kappa shape index (κ3) is 4.49. The van der Waals surface area contributed by atoms with E-state index in [1.807, 2.05) is 47.9 Å². The Bertz CT molecular complexity index is 1190. The van der Waals surface area contributed by atoms with E-state index in [2.05, 4.69) is 34.5 Å². The van der Waals surface area contributed by atoms with E-state index >= 15 is 0 Å². The first-order valence-corrected chi connectivity index (χ1v) is 12.3. The lowest BCUT2D eigenvalue weighted by Gasteiger charge is -2.32. The second kappa shape index (κ2) is 9.45. The zero-order chi connectivity index (χ0) is 23.7. The minimum absolute atomic E-state index is 0.00933. The van der Waals surface area contributed by atoms with Crippen molar-refractivity contribution in [2.45, 2.75) is 46.1 Å². The van der Waals surface area contributed by atoms with Crippen LogP contribution in [-0.2, 0) is 19.4 Å². The van der Waals surface area contributed by atoms with E-state index in [0.717, 1.165) is 49.2 Å². The molecule has 0 saturated carbocycles. The van der Waals surface area contributed by atoms with Crippen LogP contribution in [0.4, 0.5) is 0 Å². The third-order valence-electron chi connectivity index (χ3n) is 7.45. The van der Waals surface area contributed by atoms with Crippen molar-refractivity contribution < 1.29 is 9.59 Å².